The molecule has 0 heterocycles. The molecule has 2 aromatic rings. The van der Waals surface area contributed by atoms with Gasteiger partial charge in [0.2, 0.25) is 5.91 Å². The molecular formula is C16H15N3O4. The van der Waals surface area contributed by atoms with E-state index in [1.54, 1.807) is 30.3 Å². The molecule has 4 N–H and O–H groups in total. The third-order valence-electron chi connectivity index (χ3n) is 2.80. The lowest BCUT2D eigenvalue weighted by Crippen LogP contribution is -2.29. The molecule has 118 valence electrons. The molecule has 0 aromatic heterocycles. The molecule has 0 atom stereocenters. The van der Waals surface area contributed by atoms with Gasteiger partial charge in [0.15, 0.2) is 0 Å². The lowest BCUT2D eigenvalue weighted by Gasteiger charge is -2.09. The van der Waals surface area contributed by atoms with Crippen molar-refractivity contribution >= 4 is 34.8 Å². The van der Waals surface area contributed by atoms with Gasteiger partial charge in [-0.2, -0.15) is 0 Å². The van der Waals surface area contributed by atoms with E-state index in [1.165, 1.54) is 25.1 Å². The van der Waals surface area contributed by atoms with E-state index >= 15 is 0 Å². The minimum atomic E-state index is -0.920. The first-order chi connectivity index (χ1) is 11.0. The average molecular weight is 313 g/mol. The van der Waals surface area contributed by atoms with Gasteiger partial charge in [-0.05, 0) is 30.3 Å². The lowest BCUT2D eigenvalue weighted by molar-refractivity contribution is -0.133. The summed E-state index contributed by atoms with van der Waals surface area (Å²) in [6, 6.07) is 12.5. The van der Waals surface area contributed by atoms with E-state index in [0.717, 1.165) is 0 Å². The van der Waals surface area contributed by atoms with Crippen LogP contribution in [-0.2, 0) is 14.4 Å². The standard InChI is InChI=1S/C16H15N3O4/c1-10(20)17-11-5-4-6-12(9-11)18-15(22)16(23)19-13-7-2-3-8-14(13)21/h2-9,21H,1H3,(H,17,20)(H,18,22)(H,19,23). The molecule has 7 heteroatoms. The molecule has 2 rings (SSSR count). The van der Waals surface area contributed by atoms with Crippen LogP contribution in [0.1, 0.15) is 6.92 Å². The van der Waals surface area contributed by atoms with Crippen LogP contribution in [0.15, 0.2) is 48.5 Å². The number of rotatable bonds is 3. The van der Waals surface area contributed by atoms with Crippen LogP contribution in [0.3, 0.4) is 0 Å². The maximum atomic E-state index is 11.9. The lowest BCUT2D eigenvalue weighted by atomic mass is 10.2. The van der Waals surface area contributed by atoms with Crippen LogP contribution in [0.25, 0.3) is 0 Å². The van der Waals surface area contributed by atoms with Gasteiger partial charge in [0.1, 0.15) is 5.75 Å². The van der Waals surface area contributed by atoms with Gasteiger partial charge in [-0.15, -0.1) is 0 Å². The molecule has 23 heavy (non-hydrogen) atoms. The van der Waals surface area contributed by atoms with Gasteiger partial charge < -0.3 is 21.1 Å². The Morgan fingerprint density at radius 1 is 0.826 bits per heavy atom. The molecule has 0 unspecified atom stereocenters. The first kappa shape index (κ1) is 16.0. The molecule has 7 nitrogen and oxygen atoms in total. The molecule has 0 saturated heterocycles. The number of amides is 3. The number of phenolic OH excluding ortho intramolecular Hbond substituents is 1. The van der Waals surface area contributed by atoms with Crippen molar-refractivity contribution < 1.29 is 19.5 Å². The number of para-hydroxylation sites is 2. The van der Waals surface area contributed by atoms with Gasteiger partial charge in [-0.3, -0.25) is 14.4 Å². The molecule has 0 aliphatic rings. The van der Waals surface area contributed by atoms with Crippen molar-refractivity contribution in [2.75, 3.05) is 16.0 Å². The van der Waals surface area contributed by atoms with Crippen molar-refractivity contribution in [1.29, 1.82) is 0 Å². The summed E-state index contributed by atoms with van der Waals surface area (Å²) in [5, 5.41) is 16.9. The Morgan fingerprint density at radius 2 is 1.43 bits per heavy atom. The predicted molar refractivity (Wildman–Crippen MR) is 86.1 cm³/mol. The zero-order valence-corrected chi connectivity index (χ0v) is 12.3. The Labute approximate surface area is 132 Å². The fourth-order valence-corrected chi connectivity index (χ4v) is 1.82. The van der Waals surface area contributed by atoms with E-state index in [-0.39, 0.29) is 17.3 Å². The molecular weight excluding hydrogens is 298 g/mol. The third-order valence-corrected chi connectivity index (χ3v) is 2.80. The zero-order valence-electron chi connectivity index (χ0n) is 12.3. The number of nitrogens with one attached hydrogen (secondary N) is 3. The van der Waals surface area contributed by atoms with Crippen molar-refractivity contribution in [3.05, 3.63) is 48.5 Å². The van der Waals surface area contributed by atoms with Crippen molar-refractivity contribution in [3.63, 3.8) is 0 Å². The Morgan fingerprint density at radius 3 is 2.09 bits per heavy atom. The monoisotopic (exact) mass is 313 g/mol. The van der Waals surface area contributed by atoms with Crippen molar-refractivity contribution in [1.82, 2.24) is 0 Å². The van der Waals surface area contributed by atoms with Crippen LogP contribution in [0.5, 0.6) is 5.75 Å². The summed E-state index contributed by atoms with van der Waals surface area (Å²) in [6.07, 6.45) is 0. The van der Waals surface area contributed by atoms with E-state index in [9.17, 15) is 19.5 Å². The summed E-state index contributed by atoms with van der Waals surface area (Å²) in [7, 11) is 0. The average Bonchev–Trinajstić information content (AvgIpc) is 2.49. The highest BCUT2D eigenvalue weighted by molar-refractivity contribution is 6.43. The Kier molecular flexibility index (Phi) is 4.93. The number of hydrogen-bond donors (Lipinski definition) is 4. The predicted octanol–water partition coefficient (Wildman–Crippen LogP) is 1.93. The van der Waals surface area contributed by atoms with Gasteiger partial charge in [-0.25, -0.2) is 0 Å². The van der Waals surface area contributed by atoms with Crippen molar-refractivity contribution in [3.8, 4) is 5.75 Å². The summed E-state index contributed by atoms with van der Waals surface area (Å²) in [4.78, 5) is 34.7. The number of carbonyl (C=O) groups excluding carboxylic acids is 3. The smallest absolute Gasteiger partial charge is 0.314 e. The van der Waals surface area contributed by atoms with Crippen LogP contribution >= 0.6 is 0 Å². The highest BCUT2D eigenvalue weighted by Crippen LogP contribution is 2.21. The number of aromatic hydroxyl groups is 1. The van der Waals surface area contributed by atoms with Crippen LogP contribution < -0.4 is 16.0 Å². The fourth-order valence-electron chi connectivity index (χ4n) is 1.82. The summed E-state index contributed by atoms with van der Waals surface area (Å²) in [5.41, 5.74) is 0.991. The van der Waals surface area contributed by atoms with Crippen molar-refractivity contribution in [2.45, 2.75) is 6.92 Å². The third kappa shape index (κ3) is 4.57. The maximum Gasteiger partial charge on any atom is 0.314 e. The van der Waals surface area contributed by atoms with E-state index in [1.807, 2.05) is 0 Å². The van der Waals surface area contributed by atoms with E-state index in [0.29, 0.717) is 11.4 Å². The van der Waals surface area contributed by atoms with E-state index < -0.39 is 11.8 Å². The second-order valence-corrected chi connectivity index (χ2v) is 4.69. The second kappa shape index (κ2) is 7.08. The quantitative estimate of drug-likeness (QED) is 0.513. The van der Waals surface area contributed by atoms with Crippen LogP contribution in [0, 0.1) is 0 Å². The largest absolute Gasteiger partial charge is 0.506 e. The van der Waals surface area contributed by atoms with Gasteiger partial charge in [0.05, 0.1) is 5.69 Å². The fraction of sp³-hybridized carbons (Fsp3) is 0.0625. The number of phenols is 1. The molecule has 0 saturated carbocycles. The molecule has 0 spiro atoms. The summed E-state index contributed by atoms with van der Waals surface area (Å²) in [6.45, 7) is 1.37. The molecule has 2 aromatic carbocycles. The Bertz CT molecular complexity index is 758. The summed E-state index contributed by atoms with van der Waals surface area (Å²) in [5.74, 6) is -2.20. The summed E-state index contributed by atoms with van der Waals surface area (Å²) >= 11 is 0. The normalized spacial score (nSPS) is 9.78. The number of benzene rings is 2. The molecule has 0 bridgehead atoms. The number of carbonyl (C=O) groups is 3. The van der Waals surface area contributed by atoms with Gasteiger partial charge in [0.25, 0.3) is 0 Å². The van der Waals surface area contributed by atoms with Crippen LogP contribution in [-0.4, -0.2) is 22.8 Å². The summed E-state index contributed by atoms with van der Waals surface area (Å²) < 4.78 is 0. The zero-order chi connectivity index (χ0) is 16.8. The first-order valence-electron chi connectivity index (χ1n) is 6.73. The Hall–Kier alpha value is -3.35. The van der Waals surface area contributed by atoms with E-state index in [4.69, 9.17) is 0 Å². The molecule has 0 aliphatic heterocycles. The van der Waals surface area contributed by atoms with Crippen LogP contribution in [0.2, 0.25) is 0 Å². The number of anilines is 3. The molecule has 3 amide bonds. The minimum absolute atomic E-state index is 0.138. The van der Waals surface area contributed by atoms with Crippen LogP contribution in [0.4, 0.5) is 17.1 Å². The highest BCUT2D eigenvalue weighted by Gasteiger charge is 2.15. The minimum Gasteiger partial charge on any atom is -0.506 e. The SMILES string of the molecule is CC(=O)Nc1cccc(NC(=O)C(=O)Nc2ccccc2O)c1. The molecule has 0 radical (unpaired) electrons. The van der Waals surface area contributed by atoms with E-state index in [2.05, 4.69) is 16.0 Å². The van der Waals surface area contributed by atoms with Gasteiger partial charge >= 0.3 is 11.8 Å². The van der Waals surface area contributed by atoms with Gasteiger partial charge in [0, 0.05) is 18.3 Å². The van der Waals surface area contributed by atoms with Gasteiger partial charge in [-0.1, -0.05) is 18.2 Å². The molecule has 0 fully saturated rings. The second-order valence-electron chi connectivity index (χ2n) is 4.69. The molecule has 0 aliphatic carbocycles. The highest BCUT2D eigenvalue weighted by atomic mass is 16.3. The first-order valence-corrected chi connectivity index (χ1v) is 6.73. The maximum absolute atomic E-state index is 11.9. The topological polar surface area (TPSA) is 108 Å². The Balaban J connectivity index is 2.02. The van der Waals surface area contributed by atoms with Crippen molar-refractivity contribution in [2.24, 2.45) is 0 Å². The number of hydrogen-bond acceptors (Lipinski definition) is 4.